The van der Waals surface area contributed by atoms with Crippen molar-refractivity contribution in [1.29, 1.82) is 0 Å². The number of hydrogen-bond acceptors (Lipinski definition) is 7. The van der Waals surface area contributed by atoms with Crippen LogP contribution in [0.15, 0.2) is 12.3 Å². The van der Waals surface area contributed by atoms with Gasteiger partial charge in [-0.25, -0.2) is 9.78 Å². The topological polar surface area (TPSA) is 103 Å². The minimum absolute atomic E-state index is 0.172. The lowest BCUT2D eigenvalue weighted by atomic mass is 10.1. The van der Waals surface area contributed by atoms with Crippen LogP contribution < -0.4 is 14.8 Å². The molecule has 150 valence electrons. The minimum atomic E-state index is -0.683. The molecule has 2 atom stereocenters. The van der Waals surface area contributed by atoms with E-state index in [9.17, 15) is 9.59 Å². The molecule has 2 heterocycles. The van der Waals surface area contributed by atoms with Crippen molar-refractivity contribution < 1.29 is 23.8 Å². The maximum absolute atomic E-state index is 12.7. The van der Waals surface area contributed by atoms with E-state index in [0.717, 1.165) is 12.8 Å². The fraction of sp³-hybridized carbons (Fsp3) is 0.667. The maximum Gasteiger partial charge on any atom is 0.408 e. The number of nitrogens with zero attached hydrogens (tertiary/aromatic N) is 3. The van der Waals surface area contributed by atoms with Crippen molar-refractivity contribution in [3.05, 3.63) is 12.3 Å². The minimum Gasteiger partial charge on any atom is -0.472 e. The number of likely N-dealkylation sites (tertiary alicyclic amines) is 1. The summed E-state index contributed by atoms with van der Waals surface area (Å²) in [6, 6.07) is 1.19. The summed E-state index contributed by atoms with van der Waals surface area (Å²) in [7, 11) is 1.49. The van der Waals surface area contributed by atoms with E-state index in [0.29, 0.717) is 19.0 Å². The van der Waals surface area contributed by atoms with Gasteiger partial charge in [0.2, 0.25) is 11.8 Å². The summed E-state index contributed by atoms with van der Waals surface area (Å²) in [5.41, 5.74) is -0.616. The number of carbonyl (C=O) groups is 2. The number of rotatable bonds is 5. The highest BCUT2D eigenvalue weighted by Crippen LogP contribution is 2.18. The van der Waals surface area contributed by atoms with Crippen molar-refractivity contribution >= 4 is 12.0 Å². The lowest BCUT2D eigenvalue weighted by Crippen LogP contribution is -2.52. The molecule has 0 aliphatic carbocycles. The average molecular weight is 380 g/mol. The zero-order valence-electron chi connectivity index (χ0n) is 16.5. The number of aromatic nitrogens is 2. The zero-order chi connectivity index (χ0) is 20.0. The van der Waals surface area contributed by atoms with Gasteiger partial charge in [-0.15, -0.1) is 0 Å². The normalized spacial score (nSPS) is 18.4. The second kappa shape index (κ2) is 8.88. The van der Waals surface area contributed by atoms with Crippen LogP contribution in [0, 0.1) is 0 Å². The molecule has 2 amide bonds. The smallest absolute Gasteiger partial charge is 0.408 e. The van der Waals surface area contributed by atoms with Crippen LogP contribution in [0.3, 0.4) is 0 Å². The fourth-order valence-electron chi connectivity index (χ4n) is 2.71. The predicted octanol–water partition coefficient (Wildman–Crippen LogP) is 1.77. The summed E-state index contributed by atoms with van der Waals surface area (Å²) in [4.78, 5) is 34.3. The van der Waals surface area contributed by atoms with E-state index in [2.05, 4.69) is 15.3 Å². The lowest BCUT2D eigenvalue weighted by Gasteiger charge is -2.34. The molecule has 1 N–H and O–H groups in total. The third kappa shape index (κ3) is 6.58. The van der Waals surface area contributed by atoms with Crippen LogP contribution in [0.5, 0.6) is 11.9 Å². The van der Waals surface area contributed by atoms with Crippen molar-refractivity contribution in [3.63, 3.8) is 0 Å². The average Bonchev–Trinajstić information content (AvgIpc) is 2.59. The first-order valence-electron chi connectivity index (χ1n) is 9.00. The van der Waals surface area contributed by atoms with Gasteiger partial charge >= 0.3 is 12.1 Å². The predicted molar refractivity (Wildman–Crippen MR) is 97.6 cm³/mol. The fourth-order valence-corrected chi connectivity index (χ4v) is 2.71. The third-order valence-corrected chi connectivity index (χ3v) is 3.87. The number of hydrogen-bond donors (Lipinski definition) is 1. The molecule has 0 aromatic carbocycles. The van der Waals surface area contributed by atoms with E-state index in [4.69, 9.17) is 14.2 Å². The largest absolute Gasteiger partial charge is 0.472 e. The molecule has 27 heavy (non-hydrogen) atoms. The Labute approximate surface area is 159 Å². The molecule has 1 fully saturated rings. The molecule has 2 unspecified atom stereocenters. The lowest BCUT2D eigenvalue weighted by molar-refractivity contribution is -0.135. The van der Waals surface area contributed by atoms with Gasteiger partial charge in [0.25, 0.3) is 0 Å². The number of piperidine rings is 1. The molecule has 1 aromatic heterocycles. The molecule has 1 aromatic rings. The number of nitrogens with one attached hydrogen (secondary N) is 1. The molecule has 1 aliphatic rings. The monoisotopic (exact) mass is 380 g/mol. The summed E-state index contributed by atoms with van der Waals surface area (Å²) < 4.78 is 16.1. The van der Waals surface area contributed by atoms with Crippen LogP contribution in [-0.4, -0.2) is 64.8 Å². The number of carbonyl (C=O) groups excluding carboxylic acids is 2. The highest BCUT2D eigenvalue weighted by molar-refractivity contribution is 5.85. The SMILES string of the molecule is COc1nccc(OC2CCCN(C(=O)C(C)NC(=O)OC(C)(C)C)C2)n1. The van der Waals surface area contributed by atoms with Crippen LogP contribution in [0.25, 0.3) is 0 Å². The number of ether oxygens (including phenoxy) is 3. The summed E-state index contributed by atoms with van der Waals surface area (Å²) in [5, 5.41) is 2.58. The molecular weight excluding hydrogens is 352 g/mol. The highest BCUT2D eigenvalue weighted by atomic mass is 16.6. The second-order valence-corrected chi connectivity index (χ2v) is 7.42. The molecule has 1 saturated heterocycles. The Balaban J connectivity index is 1.90. The van der Waals surface area contributed by atoms with Crippen molar-refractivity contribution in [3.8, 4) is 11.9 Å². The Hall–Kier alpha value is -2.58. The first-order chi connectivity index (χ1) is 12.7. The molecule has 9 nitrogen and oxygen atoms in total. The van der Waals surface area contributed by atoms with Crippen molar-refractivity contribution in [1.82, 2.24) is 20.2 Å². The van der Waals surface area contributed by atoms with Gasteiger partial charge in [-0.3, -0.25) is 4.79 Å². The summed E-state index contributed by atoms with van der Waals surface area (Å²) >= 11 is 0. The van der Waals surface area contributed by atoms with Crippen LogP contribution in [0.1, 0.15) is 40.5 Å². The van der Waals surface area contributed by atoms with Crippen molar-refractivity contribution in [2.24, 2.45) is 0 Å². The van der Waals surface area contributed by atoms with Gasteiger partial charge in [0.05, 0.1) is 13.7 Å². The van der Waals surface area contributed by atoms with E-state index in [1.54, 1.807) is 44.9 Å². The molecule has 0 spiro atoms. The second-order valence-electron chi connectivity index (χ2n) is 7.42. The van der Waals surface area contributed by atoms with E-state index in [1.165, 1.54) is 7.11 Å². The number of amides is 2. The van der Waals surface area contributed by atoms with Gasteiger partial charge in [0, 0.05) is 18.8 Å². The number of alkyl carbamates (subject to hydrolysis) is 1. The van der Waals surface area contributed by atoms with E-state index < -0.39 is 17.7 Å². The Kier molecular flexibility index (Phi) is 6.81. The van der Waals surface area contributed by atoms with Crippen LogP contribution in [-0.2, 0) is 9.53 Å². The van der Waals surface area contributed by atoms with Crippen LogP contribution in [0.2, 0.25) is 0 Å². The zero-order valence-corrected chi connectivity index (χ0v) is 16.5. The van der Waals surface area contributed by atoms with Gasteiger partial charge in [-0.05, 0) is 40.5 Å². The van der Waals surface area contributed by atoms with E-state index in [1.807, 2.05) is 0 Å². The van der Waals surface area contributed by atoms with Gasteiger partial charge in [0.1, 0.15) is 17.7 Å². The van der Waals surface area contributed by atoms with Gasteiger partial charge in [-0.1, -0.05) is 0 Å². The molecule has 1 aliphatic heterocycles. The quantitative estimate of drug-likeness (QED) is 0.830. The van der Waals surface area contributed by atoms with Gasteiger partial charge < -0.3 is 24.4 Å². The third-order valence-electron chi connectivity index (χ3n) is 3.87. The molecule has 9 heteroatoms. The van der Waals surface area contributed by atoms with E-state index in [-0.39, 0.29) is 18.0 Å². The Morgan fingerprint density at radius 1 is 1.37 bits per heavy atom. The Bertz CT molecular complexity index is 661. The van der Waals surface area contributed by atoms with E-state index >= 15 is 0 Å². The van der Waals surface area contributed by atoms with Crippen LogP contribution in [0.4, 0.5) is 4.79 Å². The van der Waals surface area contributed by atoms with Gasteiger partial charge in [0.15, 0.2) is 0 Å². The highest BCUT2D eigenvalue weighted by Gasteiger charge is 2.29. The standard InChI is InChI=1S/C18H28N4O5/c1-12(20-17(24)27-18(2,3)4)15(23)22-10-6-7-13(11-22)26-14-8-9-19-16(21-14)25-5/h8-9,12-13H,6-7,10-11H2,1-5H3,(H,20,24). The van der Waals surface area contributed by atoms with Crippen LogP contribution >= 0.6 is 0 Å². The van der Waals surface area contributed by atoms with Crippen molar-refractivity contribution in [2.75, 3.05) is 20.2 Å². The molecule has 2 rings (SSSR count). The maximum atomic E-state index is 12.7. The molecule has 0 saturated carbocycles. The molecule has 0 radical (unpaired) electrons. The Morgan fingerprint density at radius 2 is 2.11 bits per heavy atom. The molecular formula is C18H28N4O5. The molecule has 0 bridgehead atoms. The first kappa shape index (κ1) is 20.7. The summed E-state index contributed by atoms with van der Waals surface area (Å²) in [6.07, 6.45) is 2.37. The van der Waals surface area contributed by atoms with Crippen molar-refractivity contribution in [2.45, 2.75) is 58.3 Å². The Morgan fingerprint density at radius 3 is 2.78 bits per heavy atom. The summed E-state index contributed by atoms with van der Waals surface area (Å²) in [6.45, 7) is 8.00. The number of methoxy groups -OCH3 is 1. The first-order valence-corrected chi connectivity index (χ1v) is 9.00. The van der Waals surface area contributed by atoms with Gasteiger partial charge in [-0.2, -0.15) is 4.98 Å². The summed E-state index contributed by atoms with van der Waals surface area (Å²) in [5.74, 6) is 0.232.